The second-order valence-corrected chi connectivity index (χ2v) is 9.23. The molecule has 6 heteroatoms. The molecule has 4 aromatic rings. The third-order valence-corrected chi connectivity index (χ3v) is 6.81. The van der Waals surface area contributed by atoms with Crippen molar-refractivity contribution in [2.45, 2.75) is 31.8 Å². The molecule has 1 fully saturated rings. The van der Waals surface area contributed by atoms with Gasteiger partial charge in [-0.1, -0.05) is 61.0 Å². The van der Waals surface area contributed by atoms with E-state index < -0.39 is 0 Å². The minimum Gasteiger partial charge on any atom is -0.381 e. The van der Waals surface area contributed by atoms with Gasteiger partial charge in [-0.3, -0.25) is 14.7 Å². The first-order chi connectivity index (χ1) is 17.6. The van der Waals surface area contributed by atoms with Crippen LogP contribution in [0.5, 0.6) is 0 Å². The number of anilines is 1. The predicted molar refractivity (Wildman–Crippen MR) is 143 cm³/mol. The highest BCUT2D eigenvalue weighted by Gasteiger charge is 2.27. The lowest BCUT2D eigenvalue weighted by molar-refractivity contribution is -0.122. The molecule has 1 amide bonds. The van der Waals surface area contributed by atoms with E-state index in [1.807, 2.05) is 66.7 Å². The standard InChI is InChI=1S/C30H29N3O3/c1-36-25-12-6-10-23(18-25)30(35)31-24-11-5-9-21(17-24)29(34)22-14-15-26-27(32-33-28(26)19-22)16-13-20-7-3-2-4-8-20/h2-5,7-9,11,13-17,19,23,25H,6,10,12,18H2,1H3,(H,31,35)(H,32,33)/b16-13+. The third kappa shape index (κ3) is 5.29. The van der Waals surface area contributed by atoms with E-state index in [-0.39, 0.29) is 23.7 Å². The molecular weight excluding hydrogens is 450 g/mol. The van der Waals surface area contributed by atoms with Crippen molar-refractivity contribution >= 4 is 40.4 Å². The Labute approximate surface area is 210 Å². The van der Waals surface area contributed by atoms with Gasteiger partial charge in [0.15, 0.2) is 5.78 Å². The highest BCUT2D eigenvalue weighted by Crippen LogP contribution is 2.28. The number of methoxy groups -OCH3 is 1. The zero-order chi connectivity index (χ0) is 24.9. The molecule has 5 rings (SSSR count). The molecule has 0 aliphatic heterocycles. The Balaban J connectivity index is 1.30. The maximum Gasteiger partial charge on any atom is 0.227 e. The molecule has 2 N–H and O–H groups in total. The first-order valence-corrected chi connectivity index (χ1v) is 12.3. The van der Waals surface area contributed by atoms with Gasteiger partial charge in [0.05, 0.1) is 17.3 Å². The number of amides is 1. The second kappa shape index (κ2) is 10.7. The molecule has 1 aromatic heterocycles. The maximum absolute atomic E-state index is 13.3. The molecule has 2 unspecified atom stereocenters. The van der Waals surface area contributed by atoms with Crippen LogP contribution in [-0.4, -0.2) is 35.1 Å². The van der Waals surface area contributed by atoms with Crippen LogP contribution in [0, 0.1) is 5.92 Å². The van der Waals surface area contributed by atoms with Crippen molar-refractivity contribution < 1.29 is 14.3 Å². The lowest BCUT2D eigenvalue weighted by atomic mass is 9.86. The minimum absolute atomic E-state index is 0.0173. The summed E-state index contributed by atoms with van der Waals surface area (Å²) >= 11 is 0. The van der Waals surface area contributed by atoms with E-state index in [9.17, 15) is 9.59 Å². The number of hydrogen-bond acceptors (Lipinski definition) is 4. The molecule has 6 nitrogen and oxygen atoms in total. The van der Waals surface area contributed by atoms with Crippen LogP contribution in [0.2, 0.25) is 0 Å². The molecule has 182 valence electrons. The number of ether oxygens (including phenoxy) is 1. The van der Waals surface area contributed by atoms with Gasteiger partial charge in [-0.15, -0.1) is 0 Å². The van der Waals surface area contributed by atoms with Crippen molar-refractivity contribution in [2.24, 2.45) is 5.92 Å². The highest BCUT2D eigenvalue weighted by molar-refractivity contribution is 6.11. The van der Waals surface area contributed by atoms with Crippen molar-refractivity contribution in [2.75, 3.05) is 12.4 Å². The van der Waals surface area contributed by atoms with Gasteiger partial charge in [0.1, 0.15) is 0 Å². The van der Waals surface area contributed by atoms with Gasteiger partial charge in [-0.25, -0.2) is 0 Å². The summed E-state index contributed by atoms with van der Waals surface area (Å²) in [5.74, 6) is -0.201. The Kier molecular flexibility index (Phi) is 7.05. The smallest absolute Gasteiger partial charge is 0.227 e. The summed E-state index contributed by atoms with van der Waals surface area (Å²) in [6.45, 7) is 0. The molecule has 1 heterocycles. The lowest BCUT2D eigenvalue weighted by Gasteiger charge is -2.27. The van der Waals surface area contributed by atoms with Crippen LogP contribution in [0.3, 0.4) is 0 Å². The number of H-pyrrole nitrogens is 1. The fourth-order valence-corrected chi connectivity index (χ4v) is 4.79. The Bertz CT molecular complexity index is 1410. The number of aromatic amines is 1. The zero-order valence-corrected chi connectivity index (χ0v) is 20.2. The van der Waals surface area contributed by atoms with Crippen LogP contribution < -0.4 is 5.32 Å². The van der Waals surface area contributed by atoms with E-state index in [1.165, 1.54) is 0 Å². The monoisotopic (exact) mass is 479 g/mol. The van der Waals surface area contributed by atoms with Crippen molar-refractivity contribution in [3.63, 3.8) is 0 Å². The number of nitrogens with one attached hydrogen (secondary N) is 2. The largest absolute Gasteiger partial charge is 0.381 e. The summed E-state index contributed by atoms with van der Waals surface area (Å²) < 4.78 is 5.45. The molecule has 0 bridgehead atoms. The zero-order valence-electron chi connectivity index (χ0n) is 20.2. The highest BCUT2D eigenvalue weighted by atomic mass is 16.5. The summed E-state index contributed by atoms with van der Waals surface area (Å²) in [7, 11) is 1.70. The van der Waals surface area contributed by atoms with Crippen LogP contribution in [-0.2, 0) is 9.53 Å². The first-order valence-electron chi connectivity index (χ1n) is 12.3. The summed E-state index contributed by atoms with van der Waals surface area (Å²) in [6, 6.07) is 22.7. The van der Waals surface area contributed by atoms with Gasteiger partial charge >= 0.3 is 0 Å². The molecule has 1 aliphatic rings. The maximum atomic E-state index is 13.3. The van der Waals surface area contributed by atoms with Crippen LogP contribution >= 0.6 is 0 Å². The molecule has 3 aromatic carbocycles. The van der Waals surface area contributed by atoms with Crippen LogP contribution in [0.15, 0.2) is 72.8 Å². The van der Waals surface area contributed by atoms with E-state index in [1.54, 1.807) is 25.3 Å². The summed E-state index contributed by atoms with van der Waals surface area (Å²) in [5.41, 5.74) is 4.41. The van der Waals surface area contributed by atoms with Crippen LogP contribution in [0.4, 0.5) is 5.69 Å². The topological polar surface area (TPSA) is 84.1 Å². The number of aromatic nitrogens is 2. The minimum atomic E-state index is -0.110. The predicted octanol–water partition coefficient (Wildman–Crippen LogP) is 6.11. The van der Waals surface area contributed by atoms with Gasteiger partial charge in [-0.05, 0) is 55.2 Å². The molecule has 1 saturated carbocycles. The van der Waals surface area contributed by atoms with E-state index in [4.69, 9.17) is 4.74 Å². The van der Waals surface area contributed by atoms with Crippen molar-refractivity contribution in [1.82, 2.24) is 10.2 Å². The number of carbonyl (C=O) groups excluding carboxylic acids is 2. The molecule has 36 heavy (non-hydrogen) atoms. The average molecular weight is 480 g/mol. The number of rotatable bonds is 7. The number of nitrogens with zero attached hydrogens (tertiary/aromatic N) is 1. The second-order valence-electron chi connectivity index (χ2n) is 9.23. The molecule has 1 aliphatic carbocycles. The Morgan fingerprint density at radius 1 is 0.972 bits per heavy atom. The van der Waals surface area contributed by atoms with Crippen molar-refractivity contribution in [1.29, 1.82) is 0 Å². The van der Waals surface area contributed by atoms with Gasteiger partial charge in [-0.2, -0.15) is 5.10 Å². The molecule has 0 spiro atoms. The Morgan fingerprint density at radius 2 is 1.81 bits per heavy atom. The van der Waals surface area contributed by atoms with Gasteiger partial charge < -0.3 is 10.1 Å². The van der Waals surface area contributed by atoms with E-state index in [2.05, 4.69) is 15.5 Å². The number of hydrogen-bond donors (Lipinski definition) is 2. The van der Waals surface area contributed by atoms with Gasteiger partial charge in [0.2, 0.25) is 5.91 Å². The van der Waals surface area contributed by atoms with Crippen LogP contribution in [0.25, 0.3) is 23.1 Å². The molecular formula is C30H29N3O3. The van der Waals surface area contributed by atoms with Crippen molar-refractivity contribution in [3.8, 4) is 0 Å². The van der Waals surface area contributed by atoms with Gasteiger partial charge in [0.25, 0.3) is 0 Å². The summed E-state index contributed by atoms with van der Waals surface area (Å²) in [6.07, 6.45) is 7.67. The summed E-state index contributed by atoms with van der Waals surface area (Å²) in [4.78, 5) is 26.1. The fraction of sp³-hybridized carbons (Fsp3) is 0.233. The molecule has 0 radical (unpaired) electrons. The Hall–Kier alpha value is -4.03. The van der Waals surface area contributed by atoms with Gasteiger partial charge in [0, 0.05) is 35.2 Å². The number of benzene rings is 3. The third-order valence-electron chi connectivity index (χ3n) is 6.81. The average Bonchev–Trinajstić information content (AvgIpc) is 3.34. The number of fused-ring (bicyclic) bond motifs is 1. The quantitative estimate of drug-likeness (QED) is 0.313. The number of ketones is 1. The van der Waals surface area contributed by atoms with Crippen LogP contribution in [0.1, 0.15) is 52.9 Å². The Morgan fingerprint density at radius 3 is 2.64 bits per heavy atom. The normalized spacial score (nSPS) is 17.9. The molecule has 2 atom stereocenters. The van der Waals surface area contributed by atoms with E-state index in [0.29, 0.717) is 16.8 Å². The summed E-state index contributed by atoms with van der Waals surface area (Å²) in [5, 5.41) is 11.4. The van der Waals surface area contributed by atoms with E-state index in [0.717, 1.165) is 47.8 Å². The first kappa shape index (κ1) is 23.7. The van der Waals surface area contributed by atoms with Crippen molar-refractivity contribution in [3.05, 3.63) is 95.2 Å². The van der Waals surface area contributed by atoms with E-state index >= 15 is 0 Å². The lowest BCUT2D eigenvalue weighted by Crippen LogP contribution is -2.31. The number of carbonyl (C=O) groups is 2. The SMILES string of the molecule is COC1CCCC(C(=O)Nc2cccc(C(=O)c3ccc4c(/C=C/c5ccccc5)n[nH]c4c3)c2)C1. The molecule has 0 saturated heterocycles. The fourth-order valence-electron chi connectivity index (χ4n) is 4.79.